The van der Waals surface area contributed by atoms with Crippen molar-refractivity contribution in [2.45, 2.75) is 32.7 Å². The normalized spacial score (nSPS) is 12.5. The van der Waals surface area contributed by atoms with E-state index in [0.29, 0.717) is 17.8 Å². The van der Waals surface area contributed by atoms with Crippen LogP contribution in [0.25, 0.3) is 10.8 Å². The Hall–Kier alpha value is -2.88. The molecule has 0 fully saturated rings. The standard InChI is InChI=1S/C21H20N2O2/c1-2-12-23-13-16(9-11-19(23)24)22-21(25)18-10-8-15-7-6-14-4-3-5-17(18)20(14)15/h3-5,8-11,13H,2,6-7,12H2,1H3,(H,22,25). The van der Waals surface area contributed by atoms with Gasteiger partial charge in [0.15, 0.2) is 0 Å². The fourth-order valence-electron chi connectivity index (χ4n) is 3.66. The summed E-state index contributed by atoms with van der Waals surface area (Å²) in [7, 11) is 0. The van der Waals surface area contributed by atoms with Crippen molar-refractivity contribution in [2.75, 3.05) is 5.32 Å². The Kier molecular flexibility index (Phi) is 3.88. The van der Waals surface area contributed by atoms with Crippen molar-refractivity contribution in [3.63, 3.8) is 0 Å². The fraction of sp³-hybridized carbons (Fsp3) is 0.238. The van der Waals surface area contributed by atoms with Crippen molar-refractivity contribution < 1.29 is 4.79 Å². The lowest BCUT2D eigenvalue weighted by Crippen LogP contribution is -2.20. The second-order valence-corrected chi connectivity index (χ2v) is 6.52. The van der Waals surface area contributed by atoms with Gasteiger partial charge in [-0.3, -0.25) is 9.59 Å². The van der Waals surface area contributed by atoms with Crippen LogP contribution in [0.5, 0.6) is 0 Å². The first-order valence-corrected chi connectivity index (χ1v) is 8.72. The quantitative estimate of drug-likeness (QED) is 0.791. The first-order chi connectivity index (χ1) is 12.2. The molecule has 126 valence electrons. The fourth-order valence-corrected chi connectivity index (χ4v) is 3.66. The largest absolute Gasteiger partial charge is 0.321 e. The molecule has 3 aromatic rings. The molecule has 25 heavy (non-hydrogen) atoms. The van der Waals surface area contributed by atoms with Crippen LogP contribution in [0, 0.1) is 0 Å². The number of nitrogens with one attached hydrogen (secondary N) is 1. The van der Waals surface area contributed by atoms with E-state index in [9.17, 15) is 9.59 Å². The van der Waals surface area contributed by atoms with E-state index in [-0.39, 0.29) is 11.5 Å². The van der Waals surface area contributed by atoms with Gasteiger partial charge in [0, 0.05) is 24.4 Å². The highest BCUT2D eigenvalue weighted by Crippen LogP contribution is 2.33. The number of aryl methyl sites for hydroxylation is 3. The molecule has 0 atom stereocenters. The zero-order valence-corrected chi connectivity index (χ0v) is 14.2. The third-order valence-corrected chi connectivity index (χ3v) is 4.83. The lowest BCUT2D eigenvalue weighted by Gasteiger charge is -2.11. The number of carbonyl (C=O) groups is 1. The van der Waals surface area contributed by atoms with E-state index in [0.717, 1.165) is 24.6 Å². The monoisotopic (exact) mass is 332 g/mol. The van der Waals surface area contributed by atoms with Crippen molar-refractivity contribution in [1.82, 2.24) is 4.57 Å². The summed E-state index contributed by atoms with van der Waals surface area (Å²) in [5.41, 5.74) is 3.90. The summed E-state index contributed by atoms with van der Waals surface area (Å²) in [4.78, 5) is 24.7. The number of hydrogen-bond donors (Lipinski definition) is 1. The average molecular weight is 332 g/mol. The average Bonchev–Trinajstić information content (AvgIpc) is 3.03. The second kappa shape index (κ2) is 6.20. The van der Waals surface area contributed by atoms with E-state index in [1.54, 1.807) is 16.8 Å². The maximum atomic E-state index is 12.8. The molecule has 0 bridgehead atoms. The summed E-state index contributed by atoms with van der Waals surface area (Å²) in [6.07, 6.45) is 4.66. The summed E-state index contributed by atoms with van der Waals surface area (Å²) >= 11 is 0. The molecule has 1 aromatic heterocycles. The number of anilines is 1. The maximum absolute atomic E-state index is 12.8. The second-order valence-electron chi connectivity index (χ2n) is 6.52. The van der Waals surface area contributed by atoms with Crippen LogP contribution in [-0.4, -0.2) is 10.5 Å². The van der Waals surface area contributed by atoms with E-state index >= 15 is 0 Å². The van der Waals surface area contributed by atoms with Gasteiger partial charge in [0.25, 0.3) is 11.5 Å². The molecule has 2 aromatic carbocycles. The van der Waals surface area contributed by atoms with Gasteiger partial charge in [-0.25, -0.2) is 0 Å². The Bertz CT molecular complexity index is 1020. The summed E-state index contributed by atoms with van der Waals surface area (Å²) in [5, 5.41) is 5.17. The van der Waals surface area contributed by atoms with E-state index in [1.165, 1.54) is 22.6 Å². The molecule has 0 saturated heterocycles. The van der Waals surface area contributed by atoms with Crippen LogP contribution in [0.1, 0.15) is 34.8 Å². The van der Waals surface area contributed by atoms with Gasteiger partial charge >= 0.3 is 0 Å². The molecule has 0 radical (unpaired) electrons. The molecule has 0 spiro atoms. The molecular weight excluding hydrogens is 312 g/mol. The minimum Gasteiger partial charge on any atom is -0.321 e. The van der Waals surface area contributed by atoms with Crippen molar-refractivity contribution >= 4 is 22.4 Å². The summed E-state index contributed by atoms with van der Waals surface area (Å²) in [6, 6.07) is 13.3. The number of nitrogens with zero attached hydrogens (tertiary/aromatic N) is 1. The van der Waals surface area contributed by atoms with Gasteiger partial charge in [0.05, 0.1) is 5.69 Å². The van der Waals surface area contributed by atoms with Crippen molar-refractivity contribution in [1.29, 1.82) is 0 Å². The van der Waals surface area contributed by atoms with E-state index in [2.05, 4.69) is 17.4 Å². The Morgan fingerprint density at radius 2 is 1.88 bits per heavy atom. The molecule has 0 unspecified atom stereocenters. The molecule has 1 heterocycles. The van der Waals surface area contributed by atoms with E-state index < -0.39 is 0 Å². The molecule has 4 rings (SSSR count). The highest BCUT2D eigenvalue weighted by molar-refractivity contribution is 6.14. The Labute approximate surface area is 146 Å². The minimum atomic E-state index is -0.141. The highest BCUT2D eigenvalue weighted by atomic mass is 16.1. The van der Waals surface area contributed by atoms with Crippen LogP contribution >= 0.6 is 0 Å². The smallest absolute Gasteiger partial charge is 0.256 e. The SMILES string of the molecule is CCCn1cc(NC(=O)c2ccc3c4c(cccc24)CC3)ccc1=O. The Balaban J connectivity index is 1.70. The number of rotatable bonds is 4. The number of pyridine rings is 1. The first-order valence-electron chi connectivity index (χ1n) is 8.72. The van der Waals surface area contributed by atoms with Crippen molar-refractivity contribution in [3.8, 4) is 0 Å². The van der Waals surface area contributed by atoms with E-state index in [1.807, 2.05) is 25.1 Å². The number of aromatic nitrogens is 1. The Morgan fingerprint density at radius 3 is 2.68 bits per heavy atom. The van der Waals surface area contributed by atoms with Gasteiger partial charge in [-0.2, -0.15) is 0 Å². The van der Waals surface area contributed by atoms with Gasteiger partial charge in [-0.1, -0.05) is 31.2 Å². The lowest BCUT2D eigenvalue weighted by atomic mass is 9.99. The van der Waals surface area contributed by atoms with Crippen LogP contribution in [0.15, 0.2) is 53.5 Å². The van der Waals surface area contributed by atoms with Gasteiger partial charge < -0.3 is 9.88 Å². The van der Waals surface area contributed by atoms with Crippen LogP contribution in [0.4, 0.5) is 5.69 Å². The minimum absolute atomic E-state index is 0.0508. The number of benzene rings is 2. The third kappa shape index (κ3) is 2.74. The maximum Gasteiger partial charge on any atom is 0.256 e. The van der Waals surface area contributed by atoms with Gasteiger partial charge in [0.1, 0.15) is 0 Å². The molecular formula is C21H20N2O2. The molecule has 1 amide bonds. The van der Waals surface area contributed by atoms with Crippen LogP contribution in [-0.2, 0) is 19.4 Å². The molecule has 1 aliphatic rings. The molecule has 4 nitrogen and oxygen atoms in total. The predicted octanol–water partition coefficient (Wildman–Crippen LogP) is 3.76. The van der Waals surface area contributed by atoms with E-state index in [4.69, 9.17) is 0 Å². The van der Waals surface area contributed by atoms with Gasteiger partial charge in [-0.15, -0.1) is 0 Å². The first kappa shape index (κ1) is 15.6. The Morgan fingerprint density at radius 1 is 1.08 bits per heavy atom. The topological polar surface area (TPSA) is 51.1 Å². The number of carbonyl (C=O) groups excluding carboxylic acids is 1. The molecule has 0 aliphatic heterocycles. The lowest BCUT2D eigenvalue weighted by molar-refractivity contribution is 0.102. The van der Waals surface area contributed by atoms with Gasteiger partial charge in [-0.05, 0) is 53.3 Å². The number of hydrogen-bond acceptors (Lipinski definition) is 2. The molecule has 1 N–H and O–H groups in total. The van der Waals surface area contributed by atoms with Gasteiger partial charge in [0.2, 0.25) is 0 Å². The van der Waals surface area contributed by atoms with Crippen LogP contribution in [0.2, 0.25) is 0 Å². The van der Waals surface area contributed by atoms with Crippen molar-refractivity contribution in [3.05, 3.63) is 75.7 Å². The summed E-state index contributed by atoms with van der Waals surface area (Å²) < 4.78 is 1.63. The number of amides is 1. The zero-order chi connectivity index (χ0) is 17.4. The highest BCUT2D eigenvalue weighted by Gasteiger charge is 2.18. The van der Waals surface area contributed by atoms with Crippen molar-refractivity contribution in [2.24, 2.45) is 0 Å². The summed E-state index contributed by atoms with van der Waals surface area (Å²) in [5.74, 6) is -0.141. The molecule has 4 heteroatoms. The van der Waals surface area contributed by atoms with Crippen LogP contribution in [0.3, 0.4) is 0 Å². The molecule has 0 saturated carbocycles. The zero-order valence-electron chi connectivity index (χ0n) is 14.2. The predicted molar refractivity (Wildman–Crippen MR) is 100 cm³/mol. The summed E-state index contributed by atoms with van der Waals surface area (Å²) in [6.45, 7) is 2.66. The molecule has 1 aliphatic carbocycles. The third-order valence-electron chi connectivity index (χ3n) is 4.83. The van der Waals surface area contributed by atoms with Crippen LogP contribution < -0.4 is 10.9 Å².